The Labute approximate surface area is 431 Å². The molecule has 0 rings (SSSR count). The van der Waals surface area contributed by atoms with E-state index in [2.05, 4.69) is 34.6 Å². The summed E-state index contributed by atoms with van der Waals surface area (Å²) in [6.07, 6.45) is 61.0. The van der Waals surface area contributed by atoms with Crippen LogP contribution in [0.4, 0.5) is 0 Å². The highest BCUT2D eigenvalue weighted by atomic mass is 16.6. The summed E-state index contributed by atoms with van der Waals surface area (Å²) in [5.41, 5.74) is 0. The van der Waals surface area contributed by atoms with Crippen molar-refractivity contribution in [1.82, 2.24) is 0 Å². The Morgan fingerprint density at radius 2 is 0.478 bits per heavy atom. The minimum Gasteiger partial charge on any atom is -0.462 e. The smallest absolute Gasteiger partial charge is 0.306 e. The van der Waals surface area contributed by atoms with Gasteiger partial charge in [-0.3, -0.25) is 14.4 Å². The summed E-state index contributed by atoms with van der Waals surface area (Å²) in [5, 5.41) is 0. The first-order valence-electron chi connectivity index (χ1n) is 31.2. The van der Waals surface area contributed by atoms with E-state index in [-0.39, 0.29) is 31.1 Å². The van der Waals surface area contributed by atoms with Crippen LogP contribution in [-0.2, 0) is 28.6 Å². The number of carbonyl (C=O) groups excluding carboxylic acids is 3. The van der Waals surface area contributed by atoms with E-state index in [1.165, 1.54) is 244 Å². The molecule has 0 aromatic rings. The summed E-state index contributed by atoms with van der Waals surface area (Å²) in [6.45, 7) is 11.5. The van der Waals surface area contributed by atoms with Crippen LogP contribution in [-0.4, -0.2) is 37.2 Å². The molecule has 0 fully saturated rings. The molecular formula is C63H122O6. The number of hydrogen-bond acceptors (Lipinski definition) is 6. The second kappa shape index (κ2) is 55.7. The van der Waals surface area contributed by atoms with Crippen LogP contribution in [0.25, 0.3) is 0 Å². The van der Waals surface area contributed by atoms with Crippen molar-refractivity contribution in [3.63, 3.8) is 0 Å². The molecule has 410 valence electrons. The lowest BCUT2D eigenvalue weighted by atomic mass is 10.0. The van der Waals surface area contributed by atoms with Crippen molar-refractivity contribution in [1.29, 1.82) is 0 Å². The van der Waals surface area contributed by atoms with Crippen LogP contribution >= 0.6 is 0 Å². The fourth-order valence-electron chi connectivity index (χ4n) is 9.76. The van der Waals surface area contributed by atoms with Gasteiger partial charge in [-0.05, 0) is 31.1 Å². The monoisotopic (exact) mass is 975 g/mol. The van der Waals surface area contributed by atoms with E-state index in [9.17, 15) is 14.4 Å². The summed E-state index contributed by atoms with van der Waals surface area (Å²) in [4.78, 5) is 38.2. The topological polar surface area (TPSA) is 78.9 Å². The quantitative estimate of drug-likeness (QED) is 0.0343. The van der Waals surface area contributed by atoms with Gasteiger partial charge < -0.3 is 14.2 Å². The first-order valence-corrected chi connectivity index (χ1v) is 31.2. The Bertz CT molecular complexity index is 1060. The number of carbonyl (C=O) groups is 3. The third-order valence-corrected chi connectivity index (χ3v) is 14.5. The highest BCUT2D eigenvalue weighted by Crippen LogP contribution is 2.19. The lowest BCUT2D eigenvalue weighted by molar-refractivity contribution is -0.167. The molecule has 0 unspecified atom stereocenters. The predicted octanol–water partition coefficient (Wildman–Crippen LogP) is 20.8. The molecule has 1 atom stereocenters. The maximum Gasteiger partial charge on any atom is 0.306 e. The fraction of sp³-hybridized carbons (Fsp3) is 0.952. The van der Waals surface area contributed by atoms with Gasteiger partial charge >= 0.3 is 17.9 Å². The van der Waals surface area contributed by atoms with Gasteiger partial charge in [0, 0.05) is 19.3 Å². The normalized spacial score (nSPS) is 12.0. The average Bonchev–Trinajstić information content (AvgIpc) is 3.32. The predicted molar refractivity (Wildman–Crippen MR) is 298 cm³/mol. The summed E-state index contributed by atoms with van der Waals surface area (Å²) >= 11 is 0. The first-order chi connectivity index (χ1) is 33.7. The van der Waals surface area contributed by atoms with Crippen molar-refractivity contribution in [2.75, 3.05) is 13.2 Å². The Morgan fingerprint density at radius 3 is 0.710 bits per heavy atom. The Morgan fingerprint density at radius 1 is 0.275 bits per heavy atom. The van der Waals surface area contributed by atoms with Gasteiger partial charge in [0.1, 0.15) is 13.2 Å². The Hall–Kier alpha value is -1.59. The molecule has 0 aliphatic carbocycles. The number of rotatable bonds is 57. The van der Waals surface area contributed by atoms with E-state index in [0.717, 1.165) is 69.6 Å². The van der Waals surface area contributed by atoms with Crippen LogP contribution in [0.15, 0.2) is 0 Å². The van der Waals surface area contributed by atoms with Crippen LogP contribution in [0.5, 0.6) is 0 Å². The number of esters is 3. The Kier molecular flexibility index (Phi) is 54.4. The molecule has 0 N–H and O–H groups in total. The van der Waals surface area contributed by atoms with Crippen molar-refractivity contribution < 1.29 is 28.6 Å². The maximum absolute atomic E-state index is 12.9. The molecule has 0 spiro atoms. The van der Waals surface area contributed by atoms with E-state index >= 15 is 0 Å². The second-order valence-corrected chi connectivity index (χ2v) is 22.6. The summed E-state index contributed by atoms with van der Waals surface area (Å²) in [5.74, 6) is 0.871. The zero-order valence-electron chi connectivity index (χ0n) is 47.5. The summed E-state index contributed by atoms with van der Waals surface area (Å²) < 4.78 is 16.9. The van der Waals surface area contributed by atoms with E-state index in [0.29, 0.717) is 19.3 Å². The van der Waals surface area contributed by atoms with Gasteiger partial charge in [-0.25, -0.2) is 0 Å². The molecule has 6 nitrogen and oxygen atoms in total. The third-order valence-electron chi connectivity index (χ3n) is 14.5. The van der Waals surface area contributed by atoms with Crippen LogP contribution in [0.1, 0.15) is 356 Å². The molecule has 69 heavy (non-hydrogen) atoms. The molecule has 0 saturated heterocycles. The van der Waals surface area contributed by atoms with Gasteiger partial charge in [0.05, 0.1) is 0 Å². The van der Waals surface area contributed by atoms with Crippen molar-refractivity contribution in [2.24, 2.45) is 11.8 Å². The minimum absolute atomic E-state index is 0.0619. The van der Waals surface area contributed by atoms with Crippen LogP contribution in [0.2, 0.25) is 0 Å². The fourth-order valence-corrected chi connectivity index (χ4v) is 9.76. The molecule has 6 heteroatoms. The molecule has 0 aromatic heterocycles. The van der Waals surface area contributed by atoms with Crippen molar-refractivity contribution >= 4 is 17.9 Å². The highest BCUT2D eigenvalue weighted by Gasteiger charge is 2.19. The van der Waals surface area contributed by atoms with Gasteiger partial charge in [-0.2, -0.15) is 0 Å². The Balaban J connectivity index is 4.24. The van der Waals surface area contributed by atoms with Crippen LogP contribution in [0.3, 0.4) is 0 Å². The second-order valence-electron chi connectivity index (χ2n) is 22.6. The van der Waals surface area contributed by atoms with Crippen molar-refractivity contribution in [3.8, 4) is 0 Å². The average molecular weight is 976 g/mol. The molecule has 0 saturated carbocycles. The number of unbranched alkanes of at least 4 members (excludes halogenated alkanes) is 42. The standard InChI is InChI=1S/C63H122O6/c1-6-7-8-9-10-11-12-21-30-35-40-45-50-55-63(66)69-60(57-68-62(65)54-49-44-39-34-29-25-20-19-23-27-32-37-42-47-52-59(4)5)56-67-61(64)53-48-43-38-33-28-24-18-16-14-13-15-17-22-26-31-36-41-46-51-58(2)3/h58-60H,6-57H2,1-5H3/t60-/m0/s1. The highest BCUT2D eigenvalue weighted by molar-refractivity contribution is 5.71. The largest absolute Gasteiger partial charge is 0.462 e. The maximum atomic E-state index is 12.9. The molecule has 0 aliphatic heterocycles. The first kappa shape index (κ1) is 67.4. The molecular weight excluding hydrogens is 853 g/mol. The summed E-state index contributed by atoms with van der Waals surface area (Å²) in [7, 11) is 0. The van der Waals surface area contributed by atoms with E-state index in [1.807, 2.05) is 0 Å². The lowest BCUT2D eigenvalue weighted by Gasteiger charge is -2.18. The zero-order valence-corrected chi connectivity index (χ0v) is 47.5. The molecule has 0 aliphatic rings. The molecule has 0 aromatic carbocycles. The van der Waals surface area contributed by atoms with Gasteiger partial charge in [-0.15, -0.1) is 0 Å². The zero-order chi connectivity index (χ0) is 50.4. The van der Waals surface area contributed by atoms with Gasteiger partial charge in [0.25, 0.3) is 0 Å². The molecule has 0 amide bonds. The minimum atomic E-state index is -0.763. The van der Waals surface area contributed by atoms with Gasteiger partial charge in [0.2, 0.25) is 0 Å². The summed E-state index contributed by atoms with van der Waals surface area (Å²) in [6, 6.07) is 0. The molecule has 0 heterocycles. The third kappa shape index (κ3) is 57.2. The van der Waals surface area contributed by atoms with Crippen LogP contribution in [0, 0.1) is 11.8 Å². The lowest BCUT2D eigenvalue weighted by Crippen LogP contribution is -2.30. The van der Waals surface area contributed by atoms with Crippen molar-refractivity contribution in [3.05, 3.63) is 0 Å². The van der Waals surface area contributed by atoms with E-state index in [4.69, 9.17) is 14.2 Å². The number of ether oxygens (including phenoxy) is 3. The number of hydrogen-bond donors (Lipinski definition) is 0. The van der Waals surface area contributed by atoms with E-state index < -0.39 is 6.10 Å². The molecule has 0 radical (unpaired) electrons. The van der Waals surface area contributed by atoms with Gasteiger partial charge in [0.15, 0.2) is 6.10 Å². The van der Waals surface area contributed by atoms with Gasteiger partial charge in [-0.1, -0.05) is 317 Å². The SMILES string of the molecule is CCCCCCCCCCCCCCCC(=O)O[C@@H](COC(=O)CCCCCCCCCCCCCCCCCCCCC(C)C)COC(=O)CCCCCCCCCCCCCCCCC(C)C. The van der Waals surface area contributed by atoms with E-state index in [1.54, 1.807) is 0 Å². The van der Waals surface area contributed by atoms with Crippen LogP contribution < -0.4 is 0 Å². The van der Waals surface area contributed by atoms with Crippen molar-refractivity contribution in [2.45, 2.75) is 362 Å². The molecule has 0 bridgehead atoms.